The van der Waals surface area contributed by atoms with Crippen molar-refractivity contribution < 1.29 is 9.31 Å². The molecule has 0 saturated carbocycles. The van der Waals surface area contributed by atoms with Crippen LogP contribution in [0.15, 0.2) is 36.4 Å². The predicted molar refractivity (Wildman–Crippen MR) is 76.1 cm³/mol. The van der Waals surface area contributed by atoms with Crippen molar-refractivity contribution in [3.05, 3.63) is 42.0 Å². The lowest BCUT2D eigenvalue weighted by Crippen LogP contribution is -2.41. The molecule has 0 amide bonds. The first-order valence-electron chi connectivity index (χ1n) is 6.38. The summed E-state index contributed by atoms with van der Waals surface area (Å²) in [4.78, 5) is 0. The first kappa shape index (κ1) is 13.9. The van der Waals surface area contributed by atoms with Crippen molar-refractivity contribution in [2.75, 3.05) is 0 Å². The third-order valence-electron chi connectivity index (χ3n) is 3.83. The molecular formula is C15H18BNO2. The maximum absolute atomic E-state index is 8.98. The van der Waals surface area contributed by atoms with Crippen LogP contribution in [0.25, 0.3) is 5.47 Å². The summed E-state index contributed by atoms with van der Waals surface area (Å²) in [5.41, 5.74) is 0.909. The zero-order valence-electron chi connectivity index (χ0n) is 11.8. The first-order chi connectivity index (χ1) is 8.87. The largest absolute Gasteiger partial charge is 0.496 e. The fourth-order valence-electron chi connectivity index (χ4n) is 1.96. The van der Waals surface area contributed by atoms with Crippen LogP contribution >= 0.6 is 0 Å². The molecule has 98 valence electrons. The Morgan fingerprint density at radius 3 is 2.11 bits per heavy atom. The number of hydrogen-bond acceptors (Lipinski definition) is 3. The molecule has 3 nitrogen and oxygen atoms in total. The quantitative estimate of drug-likeness (QED) is 0.601. The molecule has 1 fully saturated rings. The monoisotopic (exact) mass is 255 g/mol. The Balaban J connectivity index is 2.35. The van der Waals surface area contributed by atoms with Crippen LogP contribution in [0.4, 0.5) is 0 Å². The molecule has 0 atom stereocenters. The van der Waals surface area contributed by atoms with Gasteiger partial charge in [-0.25, -0.2) is 0 Å². The molecule has 0 radical (unpaired) electrons. The highest BCUT2D eigenvalue weighted by Crippen LogP contribution is 2.40. The minimum Gasteiger partial charge on any atom is -0.399 e. The van der Waals surface area contributed by atoms with E-state index in [-0.39, 0.29) is 0 Å². The van der Waals surface area contributed by atoms with Crippen molar-refractivity contribution in [3.63, 3.8) is 0 Å². The Bertz CT molecular complexity index is 513. The molecule has 1 aromatic carbocycles. The van der Waals surface area contributed by atoms with Gasteiger partial charge in [-0.1, -0.05) is 30.3 Å². The van der Waals surface area contributed by atoms with E-state index in [4.69, 9.17) is 14.6 Å². The number of nitriles is 1. The van der Waals surface area contributed by atoms with Crippen LogP contribution in [0, 0.1) is 11.3 Å². The normalized spacial score (nSPS) is 21.2. The number of allylic oxidation sites excluding steroid dienone is 1. The van der Waals surface area contributed by atoms with Gasteiger partial charge in [-0.3, -0.25) is 0 Å². The molecule has 0 aliphatic carbocycles. The molecule has 1 aliphatic heterocycles. The maximum atomic E-state index is 8.98. The molecule has 1 aliphatic rings. The summed E-state index contributed by atoms with van der Waals surface area (Å²) >= 11 is 0. The average molecular weight is 255 g/mol. The maximum Gasteiger partial charge on any atom is 0.496 e. The fourth-order valence-corrected chi connectivity index (χ4v) is 1.96. The van der Waals surface area contributed by atoms with Crippen molar-refractivity contribution in [2.24, 2.45) is 0 Å². The van der Waals surface area contributed by atoms with E-state index < -0.39 is 18.3 Å². The SMILES string of the molecule is CC1(C)OB(/C(=C\C#N)c2ccccc2)OC1(C)C. The molecule has 0 spiro atoms. The summed E-state index contributed by atoms with van der Waals surface area (Å²) in [6.45, 7) is 8.01. The number of rotatable bonds is 2. The smallest absolute Gasteiger partial charge is 0.399 e. The van der Waals surface area contributed by atoms with Gasteiger partial charge in [-0.2, -0.15) is 5.26 Å². The van der Waals surface area contributed by atoms with Gasteiger partial charge in [0.2, 0.25) is 0 Å². The minimum absolute atomic E-state index is 0.402. The van der Waals surface area contributed by atoms with Gasteiger partial charge in [0.05, 0.1) is 17.3 Å². The lowest BCUT2D eigenvalue weighted by molar-refractivity contribution is 0.00578. The Morgan fingerprint density at radius 1 is 1.11 bits per heavy atom. The van der Waals surface area contributed by atoms with Crippen molar-refractivity contribution in [2.45, 2.75) is 38.9 Å². The Hall–Kier alpha value is -1.57. The van der Waals surface area contributed by atoms with Crippen molar-refractivity contribution in [1.82, 2.24) is 0 Å². The Kier molecular flexibility index (Phi) is 3.53. The molecule has 4 heteroatoms. The van der Waals surface area contributed by atoms with Crippen LogP contribution in [0.5, 0.6) is 0 Å². The predicted octanol–water partition coefficient (Wildman–Crippen LogP) is 3.22. The fraction of sp³-hybridized carbons (Fsp3) is 0.400. The molecule has 0 unspecified atom stereocenters. The van der Waals surface area contributed by atoms with Gasteiger partial charge >= 0.3 is 7.12 Å². The summed E-state index contributed by atoms with van der Waals surface area (Å²) in [6.07, 6.45) is 1.50. The molecule has 0 bridgehead atoms. The van der Waals surface area contributed by atoms with Crippen LogP contribution in [0.2, 0.25) is 0 Å². The summed E-state index contributed by atoms with van der Waals surface area (Å²) in [5.74, 6) is 0. The van der Waals surface area contributed by atoms with E-state index in [1.54, 1.807) is 0 Å². The van der Waals surface area contributed by atoms with Crippen LogP contribution in [-0.4, -0.2) is 18.3 Å². The topological polar surface area (TPSA) is 42.2 Å². The zero-order valence-corrected chi connectivity index (χ0v) is 11.8. The summed E-state index contributed by atoms with van der Waals surface area (Å²) in [7, 11) is -0.507. The number of hydrogen-bond donors (Lipinski definition) is 0. The third kappa shape index (κ3) is 2.58. The summed E-state index contributed by atoms with van der Waals surface area (Å²) < 4.78 is 12.0. The highest BCUT2D eigenvalue weighted by molar-refractivity contribution is 6.69. The summed E-state index contributed by atoms with van der Waals surface area (Å²) in [6, 6.07) is 11.8. The van der Waals surface area contributed by atoms with E-state index >= 15 is 0 Å². The highest BCUT2D eigenvalue weighted by atomic mass is 16.7. The molecule has 19 heavy (non-hydrogen) atoms. The number of nitrogens with zero attached hydrogens (tertiary/aromatic N) is 1. The van der Waals surface area contributed by atoms with Crippen molar-refractivity contribution >= 4 is 12.6 Å². The lowest BCUT2D eigenvalue weighted by atomic mass is 9.74. The zero-order chi connectivity index (χ0) is 14.1. The lowest BCUT2D eigenvalue weighted by Gasteiger charge is -2.32. The van der Waals surface area contributed by atoms with Gasteiger partial charge in [0.15, 0.2) is 0 Å². The molecule has 0 aromatic heterocycles. The standard InChI is InChI=1S/C15H18BNO2/c1-14(2)15(3,4)19-16(18-14)13(10-11-17)12-8-6-5-7-9-12/h5-10H,1-4H3/b13-10-. The molecule has 1 saturated heterocycles. The van der Waals surface area contributed by atoms with Gasteiger partial charge in [-0.15, -0.1) is 0 Å². The molecule has 0 N–H and O–H groups in total. The van der Waals surface area contributed by atoms with Crippen molar-refractivity contribution in [3.8, 4) is 6.07 Å². The average Bonchev–Trinajstić information content (AvgIpc) is 2.56. The van der Waals surface area contributed by atoms with E-state index in [1.165, 1.54) is 6.08 Å². The highest BCUT2D eigenvalue weighted by Gasteiger charge is 2.52. The van der Waals surface area contributed by atoms with Crippen molar-refractivity contribution in [1.29, 1.82) is 5.26 Å². The third-order valence-corrected chi connectivity index (χ3v) is 3.83. The van der Waals surface area contributed by atoms with Crippen LogP contribution in [-0.2, 0) is 9.31 Å². The van der Waals surface area contributed by atoms with Gasteiger partial charge in [0.25, 0.3) is 0 Å². The molecular weight excluding hydrogens is 237 g/mol. The van der Waals surface area contributed by atoms with Crippen LogP contribution in [0.1, 0.15) is 33.3 Å². The molecule has 1 aromatic rings. The van der Waals surface area contributed by atoms with E-state index in [9.17, 15) is 0 Å². The summed E-state index contributed by atoms with van der Waals surface area (Å²) in [5, 5.41) is 8.98. The first-order valence-corrected chi connectivity index (χ1v) is 6.38. The van der Waals surface area contributed by atoms with Gasteiger partial charge < -0.3 is 9.31 Å². The second kappa shape index (κ2) is 4.84. The second-order valence-electron chi connectivity index (χ2n) is 5.68. The minimum atomic E-state index is -0.507. The molecule has 1 heterocycles. The van der Waals surface area contributed by atoms with Gasteiger partial charge in [0, 0.05) is 11.5 Å². The van der Waals surface area contributed by atoms with E-state index in [2.05, 4.69) is 6.07 Å². The Morgan fingerprint density at radius 2 is 1.63 bits per heavy atom. The molecule has 2 rings (SSSR count). The van der Waals surface area contributed by atoms with E-state index in [0.29, 0.717) is 0 Å². The number of benzene rings is 1. The van der Waals surface area contributed by atoms with E-state index in [1.807, 2.05) is 58.0 Å². The Labute approximate surface area is 115 Å². The van der Waals surface area contributed by atoms with Crippen LogP contribution in [0.3, 0.4) is 0 Å². The van der Waals surface area contributed by atoms with E-state index in [0.717, 1.165) is 11.0 Å². The van der Waals surface area contributed by atoms with Gasteiger partial charge in [0.1, 0.15) is 0 Å². The van der Waals surface area contributed by atoms with Crippen LogP contribution < -0.4 is 0 Å². The van der Waals surface area contributed by atoms with Gasteiger partial charge in [-0.05, 0) is 33.3 Å². The second-order valence-corrected chi connectivity index (χ2v) is 5.68.